The van der Waals surface area contributed by atoms with Crippen LogP contribution in [0, 0.1) is 0 Å². The van der Waals surface area contributed by atoms with Crippen LogP contribution < -0.4 is 0 Å². The third kappa shape index (κ3) is 2.88. The van der Waals surface area contributed by atoms with Crippen molar-refractivity contribution >= 4 is 0 Å². The number of aromatic hydroxyl groups is 1. The topological polar surface area (TPSA) is 20.2 Å². The number of hydrogen-bond donors (Lipinski definition) is 1. The van der Waals surface area contributed by atoms with Gasteiger partial charge in [-0.25, -0.2) is 0 Å². The zero-order valence-electron chi connectivity index (χ0n) is 10.2. The van der Waals surface area contributed by atoms with Gasteiger partial charge in [-0.1, -0.05) is 49.7 Å². The fourth-order valence-electron chi connectivity index (χ4n) is 1.96. The summed E-state index contributed by atoms with van der Waals surface area (Å²) >= 11 is 0. The molecule has 0 aromatic heterocycles. The Balaban J connectivity index is 2.31. The molecule has 1 N–H and O–H groups in total. The summed E-state index contributed by atoms with van der Waals surface area (Å²) < 4.78 is 0. The number of aryl methyl sites for hydroxylation is 1. The number of unbranched alkanes of at least 4 members (excludes halogenated alkanes) is 1. The van der Waals surface area contributed by atoms with E-state index in [9.17, 15) is 5.11 Å². The Morgan fingerprint density at radius 3 is 2.41 bits per heavy atom. The van der Waals surface area contributed by atoms with Gasteiger partial charge in [0.1, 0.15) is 5.75 Å². The number of phenolic OH excluding ortho intramolecular Hbond substituents is 1. The van der Waals surface area contributed by atoms with Crippen LogP contribution in [0.2, 0.25) is 0 Å². The van der Waals surface area contributed by atoms with Gasteiger partial charge in [-0.3, -0.25) is 0 Å². The Labute approximate surface area is 103 Å². The van der Waals surface area contributed by atoms with E-state index in [2.05, 4.69) is 25.1 Å². The highest BCUT2D eigenvalue weighted by Gasteiger charge is 2.03. The van der Waals surface area contributed by atoms with Crippen molar-refractivity contribution in [1.29, 1.82) is 0 Å². The molecule has 2 aromatic rings. The van der Waals surface area contributed by atoms with Crippen molar-refractivity contribution < 1.29 is 5.11 Å². The molecular weight excluding hydrogens is 208 g/mol. The molecule has 17 heavy (non-hydrogen) atoms. The molecule has 88 valence electrons. The van der Waals surface area contributed by atoms with Crippen LogP contribution in [0.4, 0.5) is 0 Å². The maximum absolute atomic E-state index is 9.81. The molecule has 0 amide bonds. The molecule has 0 saturated carbocycles. The van der Waals surface area contributed by atoms with E-state index in [4.69, 9.17) is 0 Å². The van der Waals surface area contributed by atoms with E-state index < -0.39 is 0 Å². The molecule has 0 unspecified atom stereocenters. The average molecular weight is 226 g/mol. The van der Waals surface area contributed by atoms with Gasteiger partial charge < -0.3 is 5.11 Å². The van der Waals surface area contributed by atoms with Gasteiger partial charge in [0, 0.05) is 0 Å². The van der Waals surface area contributed by atoms with E-state index in [-0.39, 0.29) is 0 Å². The highest BCUT2D eigenvalue weighted by molar-refractivity contribution is 5.65. The third-order valence-electron chi connectivity index (χ3n) is 2.99. The van der Waals surface area contributed by atoms with Crippen LogP contribution in [0.1, 0.15) is 25.3 Å². The molecule has 0 saturated heterocycles. The normalized spacial score (nSPS) is 10.4. The van der Waals surface area contributed by atoms with E-state index in [1.807, 2.05) is 24.3 Å². The van der Waals surface area contributed by atoms with Crippen LogP contribution in [0.5, 0.6) is 5.75 Å². The van der Waals surface area contributed by atoms with Gasteiger partial charge in [0.25, 0.3) is 0 Å². The van der Waals surface area contributed by atoms with Crippen molar-refractivity contribution in [3.63, 3.8) is 0 Å². The smallest absolute Gasteiger partial charge is 0.118 e. The number of benzene rings is 2. The van der Waals surface area contributed by atoms with Crippen LogP contribution in [-0.2, 0) is 6.42 Å². The van der Waals surface area contributed by atoms with Gasteiger partial charge in [-0.2, -0.15) is 0 Å². The zero-order chi connectivity index (χ0) is 12.1. The van der Waals surface area contributed by atoms with Crippen molar-refractivity contribution in [2.45, 2.75) is 26.2 Å². The Kier molecular flexibility index (Phi) is 3.81. The Hall–Kier alpha value is -1.76. The van der Waals surface area contributed by atoms with Gasteiger partial charge in [-0.05, 0) is 41.7 Å². The molecule has 0 fully saturated rings. The summed E-state index contributed by atoms with van der Waals surface area (Å²) in [6, 6.07) is 16.1. The standard InChI is InChI=1S/C16H18O/c1-2-3-7-15-12-14(10-11-16(15)17)13-8-5-4-6-9-13/h4-6,8-12,17H,2-3,7H2,1H3. The molecule has 2 rings (SSSR count). The monoisotopic (exact) mass is 226 g/mol. The highest BCUT2D eigenvalue weighted by Crippen LogP contribution is 2.26. The average Bonchev–Trinajstić information content (AvgIpc) is 2.39. The molecule has 0 bridgehead atoms. The Morgan fingerprint density at radius 1 is 0.941 bits per heavy atom. The fourth-order valence-corrected chi connectivity index (χ4v) is 1.96. The van der Waals surface area contributed by atoms with Crippen molar-refractivity contribution in [3.05, 3.63) is 54.1 Å². The summed E-state index contributed by atoms with van der Waals surface area (Å²) in [6.45, 7) is 2.16. The van der Waals surface area contributed by atoms with E-state index in [1.54, 1.807) is 6.07 Å². The number of hydrogen-bond acceptors (Lipinski definition) is 1. The fraction of sp³-hybridized carbons (Fsp3) is 0.250. The van der Waals surface area contributed by atoms with Crippen LogP contribution in [0.15, 0.2) is 48.5 Å². The van der Waals surface area contributed by atoms with Crippen molar-refractivity contribution in [3.8, 4) is 16.9 Å². The van der Waals surface area contributed by atoms with Gasteiger partial charge >= 0.3 is 0 Å². The van der Waals surface area contributed by atoms with E-state index in [1.165, 1.54) is 11.1 Å². The van der Waals surface area contributed by atoms with E-state index in [0.717, 1.165) is 24.8 Å². The predicted molar refractivity (Wildman–Crippen MR) is 72.2 cm³/mol. The summed E-state index contributed by atoms with van der Waals surface area (Å²) in [5.74, 6) is 0.415. The molecule has 2 aromatic carbocycles. The van der Waals surface area contributed by atoms with E-state index in [0.29, 0.717) is 5.75 Å². The molecule has 0 heterocycles. The predicted octanol–water partition coefficient (Wildman–Crippen LogP) is 4.40. The minimum atomic E-state index is 0.415. The summed E-state index contributed by atoms with van der Waals surface area (Å²) in [5, 5.41) is 9.81. The lowest BCUT2D eigenvalue weighted by Crippen LogP contribution is -1.87. The van der Waals surface area contributed by atoms with E-state index >= 15 is 0 Å². The van der Waals surface area contributed by atoms with Gasteiger partial charge in [-0.15, -0.1) is 0 Å². The lowest BCUT2D eigenvalue weighted by Gasteiger charge is -2.07. The molecule has 0 aliphatic carbocycles. The lowest BCUT2D eigenvalue weighted by molar-refractivity contribution is 0.467. The van der Waals surface area contributed by atoms with Crippen molar-refractivity contribution in [2.75, 3.05) is 0 Å². The SMILES string of the molecule is CCCCc1cc(-c2ccccc2)ccc1O. The third-order valence-corrected chi connectivity index (χ3v) is 2.99. The van der Waals surface area contributed by atoms with Crippen LogP contribution >= 0.6 is 0 Å². The minimum Gasteiger partial charge on any atom is -0.508 e. The first kappa shape index (κ1) is 11.7. The van der Waals surface area contributed by atoms with Crippen LogP contribution in [0.3, 0.4) is 0 Å². The zero-order valence-corrected chi connectivity index (χ0v) is 10.2. The maximum Gasteiger partial charge on any atom is 0.118 e. The molecule has 0 spiro atoms. The Bertz CT molecular complexity index is 474. The Morgan fingerprint density at radius 2 is 1.71 bits per heavy atom. The second-order valence-electron chi connectivity index (χ2n) is 4.31. The molecule has 0 aliphatic heterocycles. The summed E-state index contributed by atoms with van der Waals surface area (Å²) in [4.78, 5) is 0. The summed E-state index contributed by atoms with van der Waals surface area (Å²) in [7, 11) is 0. The largest absolute Gasteiger partial charge is 0.508 e. The molecule has 0 aliphatic rings. The minimum absolute atomic E-state index is 0.415. The second kappa shape index (κ2) is 5.53. The second-order valence-corrected chi connectivity index (χ2v) is 4.31. The summed E-state index contributed by atoms with van der Waals surface area (Å²) in [5.41, 5.74) is 3.42. The van der Waals surface area contributed by atoms with Crippen LogP contribution in [0.25, 0.3) is 11.1 Å². The molecule has 0 radical (unpaired) electrons. The van der Waals surface area contributed by atoms with Crippen molar-refractivity contribution in [2.24, 2.45) is 0 Å². The van der Waals surface area contributed by atoms with Crippen LogP contribution in [-0.4, -0.2) is 5.11 Å². The first-order chi connectivity index (χ1) is 8.31. The van der Waals surface area contributed by atoms with Gasteiger partial charge in [0.05, 0.1) is 0 Å². The molecule has 1 heteroatoms. The number of rotatable bonds is 4. The summed E-state index contributed by atoms with van der Waals surface area (Å²) in [6.07, 6.45) is 3.21. The quantitative estimate of drug-likeness (QED) is 0.819. The molecular formula is C16H18O. The maximum atomic E-state index is 9.81. The highest BCUT2D eigenvalue weighted by atomic mass is 16.3. The molecule has 0 atom stereocenters. The first-order valence-corrected chi connectivity index (χ1v) is 6.18. The number of phenols is 1. The van der Waals surface area contributed by atoms with Crippen molar-refractivity contribution in [1.82, 2.24) is 0 Å². The van der Waals surface area contributed by atoms with Gasteiger partial charge in [0.15, 0.2) is 0 Å². The first-order valence-electron chi connectivity index (χ1n) is 6.18. The van der Waals surface area contributed by atoms with Gasteiger partial charge in [0.2, 0.25) is 0 Å². The lowest BCUT2D eigenvalue weighted by atomic mass is 10.00. The molecule has 1 nitrogen and oxygen atoms in total.